The number of carbonyl (C=O) groups is 1. The molecule has 0 bridgehead atoms. The second-order valence-electron chi connectivity index (χ2n) is 10.4. The largest absolute Gasteiger partial charge is 0.394 e. The van der Waals surface area contributed by atoms with Gasteiger partial charge in [-0.25, -0.2) is 22.4 Å². The maximum atomic E-state index is 13.2. The smallest absolute Gasteiger partial charge is 0.270 e. The van der Waals surface area contributed by atoms with Gasteiger partial charge in [0, 0.05) is 6.04 Å². The van der Waals surface area contributed by atoms with Gasteiger partial charge in [0.1, 0.15) is 18.3 Å². The van der Waals surface area contributed by atoms with Gasteiger partial charge in [-0.1, -0.05) is 30.5 Å². The molecule has 4 atom stereocenters. The lowest BCUT2D eigenvalue weighted by Crippen LogP contribution is -2.33. The predicted octanol–water partition coefficient (Wildman–Crippen LogP) is 0.638. The summed E-state index contributed by atoms with van der Waals surface area (Å²) in [6, 6.07) is 6.26. The zero-order valence-corrected chi connectivity index (χ0v) is 23.4. The molecule has 1 saturated carbocycles. The fraction of sp³-hybridized carbons (Fsp3) is 0.423. The Morgan fingerprint density at radius 1 is 1.14 bits per heavy atom. The van der Waals surface area contributed by atoms with Gasteiger partial charge in [0.05, 0.1) is 35.9 Å². The molecule has 2 fully saturated rings. The van der Waals surface area contributed by atoms with Crippen molar-refractivity contribution in [3.05, 3.63) is 48.5 Å². The summed E-state index contributed by atoms with van der Waals surface area (Å²) in [7, 11) is -4.22. The summed E-state index contributed by atoms with van der Waals surface area (Å²) >= 11 is 0. The van der Waals surface area contributed by atoms with E-state index in [0.29, 0.717) is 15.6 Å². The van der Waals surface area contributed by atoms with Gasteiger partial charge in [-0.2, -0.15) is 15.1 Å². The molecule has 3 aromatic heterocycles. The monoisotopic (exact) mass is 598 g/mol. The Balaban J connectivity index is 1.41. The molecule has 1 aromatic carbocycles. The van der Waals surface area contributed by atoms with Gasteiger partial charge in [-0.3, -0.25) is 9.36 Å². The summed E-state index contributed by atoms with van der Waals surface area (Å²) in [6.45, 7) is 1.33. The molecule has 15 nitrogen and oxygen atoms in total. The van der Waals surface area contributed by atoms with E-state index in [0.717, 1.165) is 31.2 Å². The lowest BCUT2D eigenvalue weighted by Gasteiger charge is -2.18. The third-order valence-corrected chi connectivity index (χ3v) is 9.28. The van der Waals surface area contributed by atoms with Crippen LogP contribution in [0.5, 0.6) is 0 Å². The number of nitrogens with zero attached hydrogens (tertiary/aromatic N) is 7. The average Bonchev–Trinajstić information content (AvgIpc) is 3.78. The summed E-state index contributed by atoms with van der Waals surface area (Å²) in [5.41, 5.74) is 1.46. The number of rotatable bonds is 9. The number of ether oxygens (including phenoxy) is 1. The summed E-state index contributed by atoms with van der Waals surface area (Å²) in [5, 5.41) is 38.1. The van der Waals surface area contributed by atoms with Crippen molar-refractivity contribution in [3.8, 4) is 5.95 Å². The van der Waals surface area contributed by atoms with E-state index >= 15 is 0 Å². The highest BCUT2D eigenvalue weighted by atomic mass is 32.2. The third-order valence-electron chi connectivity index (χ3n) is 7.60. The maximum Gasteiger partial charge on any atom is 0.270 e. The molecule has 6 rings (SSSR count). The molecule has 1 saturated heterocycles. The first kappa shape index (κ1) is 28.2. The molecule has 1 amide bonds. The van der Waals surface area contributed by atoms with Gasteiger partial charge in [0.25, 0.3) is 16.0 Å². The van der Waals surface area contributed by atoms with Crippen LogP contribution in [-0.2, 0) is 19.6 Å². The Morgan fingerprint density at radius 2 is 1.88 bits per heavy atom. The highest BCUT2D eigenvalue weighted by molar-refractivity contribution is 7.93. The molecular weight excluding hydrogens is 568 g/mol. The standard InChI is InChI=1S/C26H30N8O7S/c1-15-6-8-18(9-7-15)42(39,40)34(14-36)17-10-28-33(11-17)26-30-23(29-16-4-2-3-5-16)20-24(31-26)32(13-27-20)25-22(38)21(37)19(12-35)41-25/h6-11,13-14,16,19,21-22,25,35,37-38H,2-5,12H2,1H3,(H,29,30,31)/t19-,21?,22?,25-/m1/s1. The molecule has 222 valence electrons. The minimum absolute atomic E-state index is 0.0290. The molecule has 4 heterocycles. The number of hydrogen-bond donors (Lipinski definition) is 4. The van der Waals surface area contributed by atoms with Crippen LogP contribution < -0.4 is 9.62 Å². The maximum absolute atomic E-state index is 13.2. The first-order valence-corrected chi connectivity index (χ1v) is 14.9. The Morgan fingerprint density at radius 3 is 2.55 bits per heavy atom. The normalized spacial score (nSPS) is 23.0. The van der Waals surface area contributed by atoms with Gasteiger partial charge in [-0.15, -0.1) is 0 Å². The van der Waals surface area contributed by atoms with E-state index in [4.69, 9.17) is 4.74 Å². The number of imidazole rings is 1. The molecule has 1 aliphatic heterocycles. The van der Waals surface area contributed by atoms with Crippen molar-refractivity contribution in [2.75, 3.05) is 16.2 Å². The molecule has 42 heavy (non-hydrogen) atoms. The quantitative estimate of drug-likeness (QED) is 0.196. The second kappa shape index (κ2) is 11.0. The fourth-order valence-corrected chi connectivity index (χ4v) is 6.48. The molecule has 1 aliphatic carbocycles. The lowest BCUT2D eigenvalue weighted by atomic mass is 10.1. The van der Waals surface area contributed by atoms with Crippen LogP contribution in [0.25, 0.3) is 17.1 Å². The topological polar surface area (TPSA) is 198 Å². The van der Waals surface area contributed by atoms with Crippen LogP contribution in [0.4, 0.5) is 11.5 Å². The Kier molecular flexibility index (Phi) is 7.40. The van der Waals surface area contributed by atoms with Gasteiger partial charge < -0.3 is 25.4 Å². The van der Waals surface area contributed by atoms with E-state index in [1.807, 2.05) is 6.92 Å². The summed E-state index contributed by atoms with van der Waals surface area (Å²) in [6.07, 6.45) is 3.34. The van der Waals surface area contributed by atoms with E-state index in [-0.39, 0.29) is 34.6 Å². The Hall–Kier alpha value is -3.96. The summed E-state index contributed by atoms with van der Waals surface area (Å²) < 4.78 is 35.4. The molecule has 16 heteroatoms. The van der Waals surface area contributed by atoms with Crippen molar-refractivity contribution in [1.82, 2.24) is 29.3 Å². The van der Waals surface area contributed by atoms with E-state index in [1.165, 1.54) is 40.1 Å². The number of carbonyl (C=O) groups excluding carboxylic acids is 1. The third kappa shape index (κ3) is 4.90. The number of aryl methyl sites for hydroxylation is 1. The number of fused-ring (bicyclic) bond motifs is 1. The molecule has 0 spiro atoms. The second-order valence-corrected chi connectivity index (χ2v) is 12.2. The number of nitrogens with one attached hydrogen (secondary N) is 1. The Bertz CT molecular complexity index is 1700. The zero-order valence-electron chi connectivity index (χ0n) is 22.6. The van der Waals surface area contributed by atoms with E-state index < -0.39 is 41.2 Å². The van der Waals surface area contributed by atoms with E-state index in [1.54, 1.807) is 12.1 Å². The van der Waals surface area contributed by atoms with Gasteiger partial charge in [0.15, 0.2) is 23.2 Å². The molecule has 2 aliphatic rings. The molecule has 0 radical (unpaired) electrons. The lowest BCUT2D eigenvalue weighted by molar-refractivity contribution is -0.106. The van der Waals surface area contributed by atoms with Gasteiger partial charge in [-0.05, 0) is 31.9 Å². The number of aliphatic hydroxyl groups is 3. The van der Waals surface area contributed by atoms with Gasteiger partial charge in [0.2, 0.25) is 6.41 Å². The predicted molar refractivity (Wildman–Crippen MR) is 148 cm³/mol. The SMILES string of the molecule is Cc1ccc(S(=O)(=O)N(C=O)c2cnn(-c3nc(NC4CCCC4)c4ncn([C@@H]5O[C@H](CO)C(O)C5O)c4n3)c2)cc1. The van der Waals surface area contributed by atoms with Crippen molar-refractivity contribution < 1.29 is 33.3 Å². The van der Waals surface area contributed by atoms with Crippen LogP contribution >= 0.6 is 0 Å². The van der Waals surface area contributed by atoms with Crippen LogP contribution in [0, 0.1) is 6.92 Å². The van der Waals surface area contributed by atoms with Crippen LogP contribution in [0.1, 0.15) is 37.5 Å². The van der Waals surface area contributed by atoms with E-state index in [9.17, 15) is 28.5 Å². The fourth-order valence-electron chi connectivity index (χ4n) is 5.28. The minimum atomic E-state index is -4.22. The van der Waals surface area contributed by atoms with Gasteiger partial charge >= 0.3 is 0 Å². The molecule has 4 N–H and O–H groups in total. The number of sulfonamides is 1. The molecule has 2 unspecified atom stereocenters. The first-order chi connectivity index (χ1) is 20.2. The number of anilines is 2. The van der Waals surface area contributed by atoms with Crippen molar-refractivity contribution in [2.24, 2.45) is 0 Å². The number of aromatic nitrogens is 6. The van der Waals surface area contributed by atoms with Crippen molar-refractivity contribution in [1.29, 1.82) is 0 Å². The van der Waals surface area contributed by atoms with Crippen molar-refractivity contribution in [2.45, 2.75) is 68.1 Å². The van der Waals surface area contributed by atoms with Crippen LogP contribution in [0.3, 0.4) is 0 Å². The van der Waals surface area contributed by atoms with Crippen LogP contribution in [-0.4, -0.2) is 90.4 Å². The number of hydrogen-bond acceptors (Lipinski definition) is 12. The van der Waals surface area contributed by atoms with Crippen molar-refractivity contribution >= 4 is 39.1 Å². The zero-order chi connectivity index (χ0) is 29.6. The van der Waals surface area contributed by atoms with Crippen LogP contribution in [0.2, 0.25) is 0 Å². The summed E-state index contributed by atoms with van der Waals surface area (Å²) in [4.78, 5) is 25.6. The number of aliphatic hydroxyl groups excluding tert-OH is 3. The first-order valence-electron chi connectivity index (χ1n) is 13.5. The summed E-state index contributed by atoms with van der Waals surface area (Å²) in [5.74, 6) is 0.422. The highest BCUT2D eigenvalue weighted by Gasteiger charge is 2.44. The number of amides is 1. The molecular formula is C26H30N8O7S. The molecule has 4 aromatic rings. The minimum Gasteiger partial charge on any atom is -0.394 e. The van der Waals surface area contributed by atoms with E-state index in [2.05, 4.69) is 25.4 Å². The Labute approximate surface area is 240 Å². The average molecular weight is 599 g/mol. The van der Waals surface area contributed by atoms with Crippen LogP contribution in [0.15, 0.2) is 47.9 Å². The number of benzene rings is 1. The van der Waals surface area contributed by atoms with Crippen molar-refractivity contribution in [3.63, 3.8) is 0 Å². The highest BCUT2D eigenvalue weighted by Crippen LogP contribution is 2.34.